The van der Waals surface area contributed by atoms with E-state index in [1.54, 1.807) is 19.1 Å². The van der Waals surface area contributed by atoms with Crippen molar-refractivity contribution in [3.05, 3.63) is 62.4 Å². The molecule has 0 saturated carbocycles. The zero-order chi connectivity index (χ0) is 14.9. The lowest BCUT2D eigenvalue weighted by molar-refractivity contribution is 0.250. The van der Waals surface area contributed by atoms with Crippen LogP contribution < -0.4 is 15.5 Å². The second-order valence-electron chi connectivity index (χ2n) is 4.23. The molecule has 1 aromatic heterocycles. The van der Waals surface area contributed by atoms with E-state index < -0.39 is 21.4 Å². The third kappa shape index (κ3) is 2.80. The molecule has 1 heterocycles. The molecular formula is C12H12N2O5S. The van der Waals surface area contributed by atoms with Crippen LogP contribution in [0.1, 0.15) is 11.3 Å². The number of rotatable bonds is 3. The van der Waals surface area contributed by atoms with Crippen molar-refractivity contribution in [3.8, 4) is 0 Å². The van der Waals surface area contributed by atoms with Crippen LogP contribution in [-0.2, 0) is 10.1 Å². The highest BCUT2D eigenvalue weighted by Crippen LogP contribution is 2.10. The summed E-state index contributed by atoms with van der Waals surface area (Å²) in [4.78, 5) is 25.3. The monoisotopic (exact) mass is 296 g/mol. The molecule has 2 aromatic rings. The summed E-state index contributed by atoms with van der Waals surface area (Å²) in [6.45, 7) is 3.30. The van der Waals surface area contributed by atoms with E-state index in [9.17, 15) is 18.0 Å². The van der Waals surface area contributed by atoms with Gasteiger partial charge in [-0.1, -0.05) is 22.4 Å². The van der Waals surface area contributed by atoms with Crippen molar-refractivity contribution in [1.82, 2.24) is 9.71 Å². The standard InChI is InChI=1S/C12H12N2O5S/c1-8-3-5-10(6-4-8)20(17,18)19-14-11(15)7-9(2)13-12(14)16/h3-7H,1-2H3,(H,13,16). The lowest BCUT2D eigenvalue weighted by Crippen LogP contribution is -2.41. The van der Waals surface area contributed by atoms with Crippen LogP contribution in [0.2, 0.25) is 0 Å². The summed E-state index contributed by atoms with van der Waals surface area (Å²) in [6, 6.07) is 6.89. The summed E-state index contributed by atoms with van der Waals surface area (Å²) in [6.07, 6.45) is 0. The van der Waals surface area contributed by atoms with Gasteiger partial charge in [0.2, 0.25) is 0 Å². The minimum atomic E-state index is -4.24. The van der Waals surface area contributed by atoms with Crippen LogP contribution in [0.25, 0.3) is 0 Å². The van der Waals surface area contributed by atoms with Crippen molar-refractivity contribution in [3.63, 3.8) is 0 Å². The van der Waals surface area contributed by atoms with Gasteiger partial charge in [0.25, 0.3) is 5.56 Å². The van der Waals surface area contributed by atoms with Gasteiger partial charge in [-0.15, -0.1) is 0 Å². The first kappa shape index (κ1) is 14.1. The SMILES string of the molecule is Cc1ccc(S(=O)(=O)On2c(=O)cc(C)[nH]c2=O)cc1. The van der Waals surface area contributed by atoms with Gasteiger partial charge in [-0.05, 0) is 26.0 Å². The Bertz CT molecular complexity index is 815. The van der Waals surface area contributed by atoms with Crippen LogP contribution >= 0.6 is 0 Å². The Hall–Kier alpha value is -2.35. The number of aromatic nitrogens is 2. The molecule has 0 aliphatic rings. The average Bonchev–Trinajstić information content (AvgIpc) is 2.34. The van der Waals surface area contributed by atoms with Crippen LogP contribution in [0.15, 0.2) is 44.8 Å². The number of nitrogens with zero attached hydrogens (tertiary/aromatic N) is 1. The van der Waals surface area contributed by atoms with E-state index in [-0.39, 0.29) is 9.63 Å². The molecule has 8 heteroatoms. The molecule has 0 unspecified atom stereocenters. The number of hydrogen-bond acceptors (Lipinski definition) is 5. The quantitative estimate of drug-likeness (QED) is 0.857. The van der Waals surface area contributed by atoms with Crippen LogP contribution in [0, 0.1) is 13.8 Å². The van der Waals surface area contributed by atoms with E-state index in [0.29, 0.717) is 5.69 Å². The maximum atomic E-state index is 12.0. The van der Waals surface area contributed by atoms with E-state index in [1.165, 1.54) is 19.1 Å². The Labute approximate surface area is 114 Å². The van der Waals surface area contributed by atoms with Gasteiger partial charge >= 0.3 is 15.8 Å². The van der Waals surface area contributed by atoms with Crippen LogP contribution in [0.4, 0.5) is 0 Å². The van der Waals surface area contributed by atoms with Gasteiger partial charge in [0.1, 0.15) is 4.90 Å². The van der Waals surface area contributed by atoms with E-state index in [0.717, 1.165) is 11.6 Å². The largest absolute Gasteiger partial charge is 0.363 e. The molecule has 0 saturated heterocycles. The predicted molar refractivity (Wildman–Crippen MR) is 71.0 cm³/mol. The van der Waals surface area contributed by atoms with Crippen molar-refractivity contribution in [2.24, 2.45) is 0 Å². The Kier molecular flexibility index (Phi) is 3.49. The fraction of sp³-hybridized carbons (Fsp3) is 0.167. The van der Waals surface area contributed by atoms with Gasteiger partial charge in [-0.2, -0.15) is 8.42 Å². The number of aromatic amines is 1. The lowest BCUT2D eigenvalue weighted by atomic mass is 10.2. The Balaban J connectivity index is 2.46. The molecule has 0 bridgehead atoms. The highest BCUT2D eigenvalue weighted by atomic mass is 32.2. The van der Waals surface area contributed by atoms with Crippen LogP contribution in [0.5, 0.6) is 0 Å². The maximum absolute atomic E-state index is 12.0. The molecule has 0 radical (unpaired) electrons. The van der Waals surface area contributed by atoms with E-state index in [1.807, 2.05) is 0 Å². The molecule has 0 aliphatic carbocycles. The second-order valence-corrected chi connectivity index (χ2v) is 5.76. The molecule has 0 aliphatic heterocycles. The number of nitrogens with one attached hydrogen (secondary N) is 1. The van der Waals surface area contributed by atoms with Gasteiger partial charge in [-0.3, -0.25) is 9.08 Å². The summed E-state index contributed by atoms with van der Waals surface area (Å²) in [5.41, 5.74) is -0.630. The van der Waals surface area contributed by atoms with Crippen LogP contribution in [-0.4, -0.2) is 18.1 Å². The summed E-state index contributed by atoms with van der Waals surface area (Å²) in [5, 5.41) is 0. The van der Waals surface area contributed by atoms with Gasteiger partial charge in [0, 0.05) is 11.8 Å². The average molecular weight is 296 g/mol. The normalized spacial score (nSPS) is 11.3. The number of benzene rings is 1. The molecule has 20 heavy (non-hydrogen) atoms. The fourth-order valence-electron chi connectivity index (χ4n) is 1.52. The topological polar surface area (TPSA) is 98.2 Å². The van der Waals surface area contributed by atoms with Crippen molar-refractivity contribution in [2.45, 2.75) is 18.7 Å². The first-order chi connectivity index (χ1) is 9.29. The predicted octanol–water partition coefficient (Wildman–Crippen LogP) is -0.0291. The minimum Gasteiger partial charge on any atom is -0.309 e. The van der Waals surface area contributed by atoms with Crippen molar-refractivity contribution >= 4 is 10.1 Å². The lowest BCUT2D eigenvalue weighted by Gasteiger charge is -2.07. The Morgan fingerprint density at radius 3 is 2.25 bits per heavy atom. The number of H-pyrrole nitrogens is 1. The van der Waals surface area contributed by atoms with Crippen LogP contribution in [0.3, 0.4) is 0 Å². The molecule has 106 valence electrons. The molecule has 7 nitrogen and oxygen atoms in total. The fourth-order valence-corrected chi connectivity index (χ4v) is 2.41. The van der Waals surface area contributed by atoms with E-state index in [2.05, 4.69) is 9.27 Å². The smallest absolute Gasteiger partial charge is 0.309 e. The maximum Gasteiger partial charge on any atom is 0.363 e. The van der Waals surface area contributed by atoms with Crippen molar-refractivity contribution in [2.75, 3.05) is 0 Å². The zero-order valence-electron chi connectivity index (χ0n) is 10.8. The number of hydrogen-bond donors (Lipinski definition) is 1. The minimum absolute atomic E-state index is 0.144. The highest BCUT2D eigenvalue weighted by molar-refractivity contribution is 7.87. The molecule has 0 amide bonds. The molecule has 0 atom stereocenters. The molecule has 1 N–H and O–H groups in total. The molecular weight excluding hydrogens is 284 g/mol. The summed E-state index contributed by atoms with van der Waals surface area (Å²) in [7, 11) is -4.24. The second kappa shape index (κ2) is 4.97. The summed E-state index contributed by atoms with van der Waals surface area (Å²) < 4.78 is 28.7. The van der Waals surface area contributed by atoms with Gasteiger partial charge in [0.05, 0.1) is 0 Å². The molecule has 0 fully saturated rings. The van der Waals surface area contributed by atoms with E-state index in [4.69, 9.17) is 0 Å². The third-order valence-corrected chi connectivity index (χ3v) is 3.71. The Morgan fingerprint density at radius 1 is 1.10 bits per heavy atom. The molecule has 1 aromatic carbocycles. The first-order valence-corrected chi connectivity index (χ1v) is 7.05. The van der Waals surface area contributed by atoms with E-state index >= 15 is 0 Å². The first-order valence-electron chi connectivity index (χ1n) is 5.64. The highest BCUT2D eigenvalue weighted by Gasteiger charge is 2.19. The molecule has 2 rings (SSSR count). The van der Waals surface area contributed by atoms with Crippen molar-refractivity contribution < 1.29 is 12.7 Å². The van der Waals surface area contributed by atoms with Crippen molar-refractivity contribution in [1.29, 1.82) is 0 Å². The zero-order valence-corrected chi connectivity index (χ0v) is 11.6. The summed E-state index contributed by atoms with van der Waals surface area (Å²) >= 11 is 0. The Morgan fingerprint density at radius 2 is 1.70 bits per heavy atom. The van der Waals surface area contributed by atoms with Gasteiger partial charge in [0.15, 0.2) is 0 Å². The third-order valence-electron chi connectivity index (χ3n) is 2.51. The van der Waals surface area contributed by atoms with Gasteiger partial charge in [-0.25, -0.2) is 4.79 Å². The molecule has 0 spiro atoms. The number of aryl methyl sites for hydroxylation is 2. The van der Waals surface area contributed by atoms with Gasteiger partial charge < -0.3 is 4.98 Å². The summed E-state index contributed by atoms with van der Waals surface area (Å²) in [5.74, 6) is 0.